The highest BCUT2D eigenvalue weighted by Gasteiger charge is 2.25. The van der Waals surface area contributed by atoms with Crippen LogP contribution in [0.1, 0.15) is 17.2 Å². The first-order chi connectivity index (χ1) is 8.25. The number of rotatable bonds is 1. The summed E-state index contributed by atoms with van der Waals surface area (Å²) in [4.78, 5) is 0. The molecule has 1 aliphatic heterocycles. The van der Waals surface area contributed by atoms with Crippen LogP contribution >= 0.6 is 0 Å². The van der Waals surface area contributed by atoms with Crippen molar-refractivity contribution in [3.63, 3.8) is 0 Å². The van der Waals surface area contributed by atoms with Crippen molar-refractivity contribution in [3.05, 3.63) is 65.2 Å². The molecule has 0 aliphatic carbocycles. The lowest BCUT2D eigenvalue weighted by molar-refractivity contribution is 0.594. The van der Waals surface area contributed by atoms with Crippen molar-refractivity contribution < 1.29 is 8.78 Å². The van der Waals surface area contributed by atoms with Gasteiger partial charge in [-0.15, -0.1) is 0 Å². The van der Waals surface area contributed by atoms with Crippen LogP contribution in [0.25, 0.3) is 0 Å². The molecular formula is C14H11F2N. The van der Waals surface area contributed by atoms with E-state index in [1.165, 1.54) is 12.1 Å². The SMILES string of the molecule is Fc1ccccc1C1Cc2cccc(F)c2N1. The summed E-state index contributed by atoms with van der Waals surface area (Å²) in [6.45, 7) is 0. The Morgan fingerprint density at radius 1 is 0.941 bits per heavy atom. The monoisotopic (exact) mass is 231 g/mol. The van der Waals surface area contributed by atoms with Crippen LogP contribution < -0.4 is 5.32 Å². The molecule has 1 N–H and O–H groups in total. The van der Waals surface area contributed by atoms with Crippen LogP contribution in [-0.4, -0.2) is 0 Å². The van der Waals surface area contributed by atoms with Gasteiger partial charge in [0.2, 0.25) is 0 Å². The maximum absolute atomic E-state index is 13.6. The summed E-state index contributed by atoms with van der Waals surface area (Å²) in [7, 11) is 0. The molecule has 17 heavy (non-hydrogen) atoms. The normalized spacial score (nSPS) is 17.6. The van der Waals surface area contributed by atoms with Gasteiger partial charge in [0, 0.05) is 5.56 Å². The van der Waals surface area contributed by atoms with E-state index in [-0.39, 0.29) is 17.7 Å². The Labute approximate surface area is 98.1 Å². The van der Waals surface area contributed by atoms with Crippen LogP contribution in [0, 0.1) is 11.6 Å². The summed E-state index contributed by atoms with van der Waals surface area (Å²) in [6.07, 6.45) is 0.619. The van der Waals surface area contributed by atoms with E-state index in [0.29, 0.717) is 17.7 Å². The summed E-state index contributed by atoms with van der Waals surface area (Å²) in [6, 6.07) is 11.4. The standard InChI is InChI=1S/C14H11F2N/c15-11-6-2-1-5-10(11)13-8-9-4-3-7-12(16)14(9)17-13/h1-7,13,17H,8H2. The summed E-state index contributed by atoms with van der Waals surface area (Å²) in [5, 5.41) is 3.04. The quantitative estimate of drug-likeness (QED) is 0.789. The Kier molecular flexibility index (Phi) is 2.32. The van der Waals surface area contributed by atoms with Gasteiger partial charge in [-0.3, -0.25) is 0 Å². The summed E-state index contributed by atoms with van der Waals surface area (Å²) < 4.78 is 27.2. The Hall–Kier alpha value is -1.90. The summed E-state index contributed by atoms with van der Waals surface area (Å²) in [5.74, 6) is -0.528. The number of halogens is 2. The molecule has 2 aromatic carbocycles. The lowest BCUT2D eigenvalue weighted by Crippen LogP contribution is -2.08. The topological polar surface area (TPSA) is 12.0 Å². The fourth-order valence-corrected chi connectivity index (χ4v) is 2.29. The van der Waals surface area contributed by atoms with Crippen molar-refractivity contribution in [2.24, 2.45) is 0 Å². The molecule has 1 unspecified atom stereocenters. The molecule has 3 rings (SSSR count). The second-order valence-corrected chi connectivity index (χ2v) is 4.20. The van der Waals surface area contributed by atoms with Crippen LogP contribution in [0.5, 0.6) is 0 Å². The average Bonchev–Trinajstić information content (AvgIpc) is 2.75. The zero-order valence-electron chi connectivity index (χ0n) is 9.08. The minimum Gasteiger partial charge on any atom is -0.375 e. The highest BCUT2D eigenvalue weighted by molar-refractivity contribution is 5.59. The first-order valence-corrected chi connectivity index (χ1v) is 5.54. The molecule has 0 bridgehead atoms. The van der Waals surface area contributed by atoms with E-state index >= 15 is 0 Å². The molecule has 86 valence electrons. The molecule has 0 amide bonds. The minimum atomic E-state index is -0.277. The van der Waals surface area contributed by atoms with Crippen LogP contribution in [0.15, 0.2) is 42.5 Å². The van der Waals surface area contributed by atoms with Gasteiger partial charge in [0.15, 0.2) is 0 Å². The van der Waals surface area contributed by atoms with Crippen molar-refractivity contribution in [3.8, 4) is 0 Å². The van der Waals surface area contributed by atoms with E-state index in [2.05, 4.69) is 5.32 Å². The summed E-state index contributed by atoms with van der Waals surface area (Å²) >= 11 is 0. The van der Waals surface area contributed by atoms with E-state index in [1.54, 1.807) is 24.3 Å². The number of nitrogens with one attached hydrogen (secondary N) is 1. The van der Waals surface area contributed by atoms with Crippen molar-refractivity contribution in [2.75, 3.05) is 5.32 Å². The maximum Gasteiger partial charge on any atom is 0.146 e. The van der Waals surface area contributed by atoms with Gasteiger partial charge in [-0.2, -0.15) is 0 Å². The van der Waals surface area contributed by atoms with Crippen molar-refractivity contribution in [2.45, 2.75) is 12.5 Å². The second kappa shape index (κ2) is 3.84. The Bertz CT molecular complexity index is 566. The lowest BCUT2D eigenvalue weighted by atomic mass is 10.0. The zero-order valence-corrected chi connectivity index (χ0v) is 9.08. The molecule has 2 aromatic rings. The number of benzene rings is 2. The first-order valence-electron chi connectivity index (χ1n) is 5.54. The highest BCUT2D eigenvalue weighted by Crippen LogP contribution is 2.36. The molecule has 0 saturated carbocycles. The highest BCUT2D eigenvalue weighted by atomic mass is 19.1. The van der Waals surface area contributed by atoms with Gasteiger partial charge in [-0.25, -0.2) is 8.78 Å². The van der Waals surface area contributed by atoms with Gasteiger partial charge in [0.25, 0.3) is 0 Å². The molecule has 0 saturated heterocycles. The first kappa shape index (κ1) is 10.3. The molecule has 1 heterocycles. The van der Waals surface area contributed by atoms with E-state index in [9.17, 15) is 8.78 Å². The molecular weight excluding hydrogens is 220 g/mol. The smallest absolute Gasteiger partial charge is 0.146 e. The molecule has 0 aromatic heterocycles. The predicted octanol–water partition coefficient (Wildman–Crippen LogP) is 3.67. The second-order valence-electron chi connectivity index (χ2n) is 4.20. The van der Waals surface area contributed by atoms with E-state index < -0.39 is 0 Å². The maximum atomic E-state index is 13.6. The van der Waals surface area contributed by atoms with E-state index in [0.717, 1.165) is 5.56 Å². The van der Waals surface area contributed by atoms with Crippen molar-refractivity contribution in [1.82, 2.24) is 0 Å². The van der Waals surface area contributed by atoms with E-state index in [1.807, 2.05) is 6.07 Å². The molecule has 0 spiro atoms. The van der Waals surface area contributed by atoms with Crippen LogP contribution in [0.2, 0.25) is 0 Å². The van der Waals surface area contributed by atoms with Gasteiger partial charge in [0.05, 0.1) is 11.7 Å². The summed E-state index contributed by atoms with van der Waals surface area (Å²) in [5.41, 5.74) is 1.99. The number of anilines is 1. The fraction of sp³-hybridized carbons (Fsp3) is 0.143. The van der Waals surface area contributed by atoms with Crippen molar-refractivity contribution >= 4 is 5.69 Å². The third-order valence-electron chi connectivity index (χ3n) is 3.12. The Morgan fingerprint density at radius 3 is 2.47 bits per heavy atom. The predicted molar refractivity (Wildman–Crippen MR) is 62.9 cm³/mol. The number of fused-ring (bicyclic) bond motifs is 1. The lowest BCUT2D eigenvalue weighted by Gasteiger charge is -2.12. The Morgan fingerprint density at radius 2 is 1.71 bits per heavy atom. The number of hydrogen-bond acceptors (Lipinski definition) is 1. The van der Waals surface area contributed by atoms with Crippen LogP contribution in [0.3, 0.4) is 0 Å². The van der Waals surface area contributed by atoms with Gasteiger partial charge in [-0.1, -0.05) is 30.3 Å². The average molecular weight is 231 g/mol. The number of hydrogen-bond donors (Lipinski definition) is 1. The molecule has 1 atom stereocenters. The van der Waals surface area contributed by atoms with Crippen LogP contribution in [0.4, 0.5) is 14.5 Å². The third kappa shape index (κ3) is 1.68. The molecule has 1 nitrogen and oxygen atoms in total. The van der Waals surface area contributed by atoms with Crippen LogP contribution in [-0.2, 0) is 6.42 Å². The third-order valence-corrected chi connectivity index (χ3v) is 3.12. The molecule has 1 aliphatic rings. The molecule has 0 fully saturated rings. The fourth-order valence-electron chi connectivity index (χ4n) is 2.29. The van der Waals surface area contributed by atoms with E-state index in [4.69, 9.17) is 0 Å². The Balaban J connectivity index is 1.97. The van der Waals surface area contributed by atoms with Gasteiger partial charge >= 0.3 is 0 Å². The van der Waals surface area contributed by atoms with Gasteiger partial charge < -0.3 is 5.32 Å². The largest absolute Gasteiger partial charge is 0.375 e. The molecule has 0 radical (unpaired) electrons. The van der Waals surface area contributed by atoms with Gasteiger partial charge in [0.1, 0.15) is 11.6 Å². The minimum absolute atomic E-state index is 0.178. The zero-order chi connectivity index (χ0) is 11.8. The van der Waals surface area contributed by atoms with Crippen molar-refractivity contribution in [1.29, 1.82) is 0 Å². The number of para-hydroxylation sites is 1. The van der Waals surface area contributed by atoms with Gasteiger partial charge in [-0.05, 0) is 24.1 Å². The molecule has 3 heteroatoms.